The van der Waals surface area contributed by atoms with Crippen LogP contribution in [0, 0.1) is 0 Å². The Morgan fingerprint density at radius 3 is 2.36 bits per heavy atom. The quantitative estimate of drug-likeness (QED) is 0.769. The molecule has 2 atom stereocenters. The highest BCUT2D eigenvalue weighted by atomic mass is 35.5. The van der Waals surface area contributed by atoms with Crippen molar-refractivity contribution in [1.29, 1.82) is 0 Å². The van der Waals surface area contributed by atoms with Crippen LogP contribution in [0.5, 0.6) is 5.75 Å². The zero-order chi connectivity index (χ0) is 18.4. The first-order chi connectivity index (χ1) is 11.9. The number of hydrogen-bond acceptors (Lipinski definition) is 3. The Morgan fingerprint density at radius 2 is 1.80 bits per heavy atom. The molecule has 0 aromatic heterocycles. The SMILES string of the molecule is CCC(Oc1ccccc1Cl)C(=O)Nc1ccc(C(C)C(=O)O)cc1. The Hall–Kier alpha value is -2.53. The normalized spacial score (nSPS) is 12.9. The van der Waals surface area contributed by atoms with E-state index in [1.54, 1.807) is 55.5 Å². The smallest absolute Gasteiger partial charge is 0.310 e. The van der Waals surface area contributed by atoms with E-state index in [9.17, 15) is 9.59 Å². The highest BCUT2D eigenvalue weighted by Crippen LogP contribution is 2.25. The van der Waals surface area contributed by atoms with Crippen LogP contribution < -0.4 is 10.1 Å². The summed E-state index contributed by atoms with van der Waals surface area (Å²) in [5, 5.41) is 12.2. The summed E-state index contributed by atoms with van der Waals surface area (Å²) >= 11 is 6.06. The summed E-state index contributed by atoms with van der Waals surface area (Å²) < 4.78 is 5.70. The van der Waals surface area contributed by atoms with Gasteiger partial charge in [0.05, 0.1) is 10.9 Å². The lowest BCUT2D eigenvalue weighted by Crippen LogP contribution is -2.32. The predicted molar refractivity (Wildman–Crippen MR) is 97.3 cm³/mol. The van der Waals surface area contributed by atoms with Gasteiger partial charge < -0.3 is 15.2 Å². The minimum atomic E-state index is -0.893. The van der Waals surface area contributed by atoms with Gasteiger partial charge in [-0.1, -0.05) is 42.8 Å². The third-order valence-corrected chi connectivity index (χ3v) is 4.13. The van der Waals surface area contributed by atoms with Crippen molar-refractivity contribution < 1.29 is 19.4 Å². The fraction of sp³-hybridized carbons (Fsp3) is 0.263. The molecule has 2 unspecified atom stereocenters. The molecule has 2 N–H and O–H groups in total. The molecule has 0 saturated carbocycles. The largest absolute Gasteiger partial charge is 0.481 e. The first-order valence-corrected chi connectivity index (χ1v) is 8.35. The van der Waals surface area contributed by atoms with Crippen LogP contribution >= 0.6 is 11.6 Å². The van der Waals surface area contributed by atoms with Crippen molar-refractivity contribution in [3.63, 3.8) is 0 Å². The number of para-hydroxylation sites is 1. The van der Waals surface area contributed by atoms with Gasteiger partial charge in [0.2, 0.25) is 0 Å². The van der Waals surface area contributed by atoms with Gasteiger partial charge in [0, 0.05) is 5.69 Å². The zero-order valence-electron chi connectivity index (χ0n) is 14.0. The van der Waals surface area contributed by atoms with E-state index in [-0.39, 0.29) is 5.91 Å². The molecular formula is C19H20ClNO4. The highest BCUT2D eigenvalue weighted by molar-refractivity contribution is 6.32. The Bertz CT molecular complexity index is 745. The second kappa shape index (κ2) is 8.53. The lowest BCUT2D eigenvalue weighted by atomic mass is 10.0. The molecule has 6 heteroatoms. The molecule has 5 nitrogen and oxygen atoms in total. The van der Waals surface area contributed by atoms with E-state index in [2.05, 4.69) is 5.32 Å². The van der Waals surface area contributed by atoms with E-state index < -0.39 is 18.0 Å². The van der Waals surface area contributed by atoms with Gasteiger partial charge >= 0.3 is 5.97 Å². The van der Waals surface area contributed by atoms with E-state index in [0.717, 1.165) is 0 Å². The second-order valence-corrected chi connectivity index (χ2v) is 6.02. The molecule has 0 heterocycles. The van der Waals surface area contributed by atoms with Crippen LogP contribution in [0.25, 0.3) is 0 Å². The second-order valence-electron chi connectivity index (χ2n) is 5.62. The van der Waals surface area contributed by atoms with Crippen LogP contribution in [0.15, 0.2) is 48.5 Å². The van der Waals surface area contributed by atoms with E-state index in [1.807, 2.05) is 6.92 Å². The first-order valence-electron chi connectivity index (χ1n) is 7.97. The van der Waals surface area contributed by atoms with Gasteiger partial charge in [0.1, 0.15) is 5.75 Å². The van der Waals surface area contributed by atoms with Gasteiger partial charge in [-0.2, -0.15) is 0 Å². The number of amides is 1. The Kier molecular flexibility index (Phi) is 6.42. The number of halogens is 1. The van der Waals surface area contributed by atoms with Gasteiger partial charge in [-0.25, -0.2) is 0 Å². The standard InChI is InChI=1S/C19H20ClNO4/c1-3-16(25-17-7-5-4-6-15(17)20)18(22)21-14-10-8-13(9-11-14)12(2)19(23)24/h4-12,16H,3H2,1-2H3,(H,21,22)(H,23,24). The predicted octanol–water partition coefficient (Wildman–Crippen LogP) is 4.32. The third kappa shape index (κ3) is 4.97. The van der Waals surface area contributed by atoms with Crippen molar-refractivity contribution in [3.05, 3.63) is 59.1 Å². The van der Waals surface area contributed by atoms with E-state index >= 15 is 0 Å². The van der Waals surface area contributed by atoms with Crippen molar-refractivity contribution in [1.82, 2.24) is 0 Å². The van der Waals surface area contributed by atoms with Crippen LogP contribution in [0.3, 0.4) is 0 Å². The molecule has 2 rings (SSSR count). The number of carboxylic acid groups (broad SMARTS) is 1. The minimum Gasteiger partial charge on any atom is -0.481 e. The van der Waals surface area contributed by atoms with Gasteiger partial charge in [-0.15, -0.1) is 0 Å². The molecule has 2 aromatic carbocycles. The molecule has 0 aliphatic rings. The summed E-state index contributed by atoms with van der Waals surface area (Å²) in [4.78, 5) is 23.4. The fourth-order valence-electron chi connectivity index (χ4n) is 2.24. The Labute approximate surface area is 151 Å². The molecule has 1 amide bonds. The molecule has 132 valence electrons. The van der Waals surface area contributed by atoms with E-state index in [1.165, 1.54) is 0 Å². The zero-order valence-corrected chi connectivity index (χ0v) is 14.8. The van der Waals surface area contributed by atoms with Gasteiger partial charge in [0.25, 0.3) is 5.91 Å². The van der Waals surface area contributed by atoms with Crippen LogP contribution in [0.1, 0.15) is 31.7 Å². The molecule has 0 spiro atoms. The lowest BCUT2D eigenvalue weighted by Gasteiger charge is -2.18. The Morgan fingerprint density at radius 1 is 1.16 bits per heavy atom. The monoisotopic (exact) mass is 361 g/mol. The van der Waals surface area contributed by atoms with Crippen LogP contribution in [0.2, 0.25) is 5.02 Å². The number of rotatable bonds is 7. The summed E-state index contributed by atoms with van der Waals surface area (Å²) in [6, 6.07) is 13.7. The molecule has 0 saturated heterocycles. The summed E-state index contributed by atoms with van der Waals surface area (Å²) in [6.07, 6.45) is -0.205. The summed E-state index contributed by atoms with van der Waals surface area (Å²) in [5.41, 5.74) is 1.25. The number of nitrogens with one attached hydrogen (secondary N) is 1. The topological polar surface area (TPSA) is 75.6 Å². The molecule has 0 aliphatic carbocycles. The van der Waals surface area contributed by atoms with Crippen molar-refractivity contribution >= 4 is 29.2 Å². The molecular weight excluding hydrogens is 342 g/mol. The maximum absolute atomic E-state index is 12.4. The fourth-order valence-corrected chi connectivity index (χ4v) is 2.42. The van der Waals surface area contributed by atoms with Gasteiger partial charge in [0.15, 0.2) is 6.10 Å². The van der Waals surface area contributed by atoms with E-state index in [0.29, 0.717) is 28.4 Å². The van der Waals surface area contributed by atoms with Gasteiger partial charge in [-0.3, -0.25) is 9.59 Å². The minimum absolute atomic E-state index is 0.290. The molecule has 0 bridgehead atoms. The maximum Gasteiger partial charge on any atom is 0.310 e. The number of benzene rings is 2. The third-order valence-electron chi connectivity index (χ3n) is 3.82. The van der Waals surface area contributed by atoms with Crippen molar-refractivity contribution in [3.8, 4) is 5.75 Å². The number of carboxylic acids is 1. The molecule has 0 radical (unpaired) electrons. The van der Waals surface area contributed by atoms with Crippen molar-refractivity contribution in [2.24, 2.45) is 0 Å². The van der Waals surface area contributed by atoms with Crippen LogP contribution in [-0.2, 0) is 9.59 Å². The maximum atomic E-state index is 12.4. The number of carbonyl (C=O) groups is 2. The summed E-state index contributed by atoms with van der Waals surface area (Å²) in [5.74, 6) is -1.33. The van der Waals surface area contributed by atoms with Crippen LogP contribution in [-0.4, -0.2) is 23.1 Å². The van der Waals surface area contributed by atoms with Crippen LogP contribution in [0.4, 0.5) is 5.69 Å². The summed E-state index contributed by atoms with van der Waals surface area (Å²) in [6.45, 7) is 3.46. The number of carbonyl (C=O) groups excluding carboxylic acids is 1. The van der Waals surface area contributed by atoms with Crippen molar-refractivity contribution in [2.75, 3.05) is 5.32 Å². The highest BCUT2D eigenvalue weighted by Gasteiger charge is 2.20. The number of aliphatic carboxylic acids is 1. The molecule has 0 fully saturated rings. The average molecular weight is 362 g/mol. The molecule has 0 aliphatic heterocycles. The lowest BCUT2D eigenvalue weighted by molar-refractivity contribution is -0.138. The number of ether oxygens (including phenoxy) is 1. The number of anilines is 1. The van der Waals surface area contributed by atoms with Gasteiger partial charge in [-0.05, 0) is 43.2 Å². The average Bonchev–Trinajstić information content (AvgIpc) is 2.60. The van der Waals surface area contributed by atoms with Crippen molar-refractivity contribution in [2.45, 2.75) is 32.3 Å². The number of hydrogen-bond donors (Lipinski definition) is 2. The summed E-state index contributed by atoms with van der Waals surface area (Å²) in [7, 11) is 0. The first kappa shape index (κ1) is 18.8. The Balaban J connectivity index is 2.04. The molecule has 2 aromatic rings. The molecule has 25 heavy (non-hydrogen) atoms. The van der Waals surface area contributed by atoms with E-state index in [4.69, 9.17) is 21.4 Å².